The van der Waals surface area contributed by atoms with Crippen molar-refractivity contribution in [3.8, 4) is 5.75 Å². The van der Waals surface area contributed by atoms with E-state index in [4.69, 9.17) is 14.5 Å². The van der Waals surface area contributed by atoms with E-state index in [1.165, 1.54) is 11.3 Å². The zero-order chi connectivity index (χ0) is 26.2. The summed E-state index contributed by atoms with van der Waals surface area (Å²) in [5, 5.41) is 0.562. The number of thiazole rings is 1. The maximum atomic E-state index is 14.2. The second kappa shape index (κ2) is 10.6. The first-order valence-electron chi connectivity index (χ1n) is 12.1. The summed E-state index contributed by atoms with van der Waals surface area (Å²) in [6.45, 7) is 1.13. The van der Waals surface area contributed by atoms with Crippen molar-refractivity contribution in [1.29, 1.82) is 0 Å². The van der Waals surface area contributed by atoms with Gasteiger partial charge >= 0.3 is 0 Å². The normalized spacial score (nSPS) is 19.4. The van der Waals surface area contributed by atoms with Crippen molar-refractivity contribution >= 4 is 42.6 Å². The summed E-state index contributed by atoms with van der Waals surface area (Å²) in [5.41, 5.74) is 0.758. The molecule has 0 saturated carbocycles. The van der Waals surface area contributed by atoms with Gasteiger partial charge in [0.15, 0.2) is 5.13 Å². The number of benzene rings is 2. The highest BCUT2D eigenvalue weighted by atomic mass is 32.2. The number of nitrogens with zero attached hydrogens (tertiary/aromatic N) is 3. The zero-order valence-electron chi connectivity index (χ0n) is 20.2. The fraction of sp³-hybridized carbons (Fsp3) is 0.440. The first-order valence-corrected chi connectivity index (χ1v) is 14.3. The molecule has 198 valence electrons. The molecule has 37 heavy (non-hydrogen) atoms. The van der Waals surface area contributed by atoms with Crippen molar-refractivity contribution in [2.75, 3.05) is 38.3 Å². The molecule has 0 bridgehead atoms. The number of hydrogen-bond donors (Lipinski definition) is 0. The molecule has 2 aliphatic heterocycles. The van der Waals surface area contributed by atoms with Crippen LogP contribution in [0, 0.1) is 17.6 Å². The van der Waals surface area contributed by atoms with Gasteiger partial charge in [0.05, 0.1) is 30.0 Å². The minimum absolute atomic E-state index is 0.0559. The van der Waals surface area contributed by atoms with Crippen LogP contribution in [0.2, 0.25) is 0 Å². The highest BCUT2D eigenvalue weighted by Gasteiger charge is 2.37. The van der Waals surface area contributed by atoms with Crippen molar-refractivity contribution in [2.45, 2.75) is 36.7 Å². The van der Waals surface area contributed by atoms with Crippen LogP contribution in [0.5, 0.6) is 5.75 Å². The Morgan fingerprint density at radius 2 is 1.97 bits per heavy atom. The smallest absolute Gasteiger partial charge is 0.245 e. The van der Waals surface area contributed by atoms with Gasteiger partial charge in [-0.15, -0.1) is 0 Å². The standard InChI is InChI=1S/C25H27F2N3O5S2/c1-34-18-5-6-21-22(14-18)36-25(28-21)30(15-19-3-2-12-35-19)24(31)16-8-10-29(11-9-16)37(32,33)23-7-4-17(26)13-20(23)27/h4-7,13-14,16,19H,2-3,8-12,15H2,1H3. The fourth-order valence-electron chi connectivity index (χ4n) is 4.78. The van der Waals surface area contributed by atoms with E-state index in [0.717, 1.165) is 39.5 Å². The number of fused-ring (bicyclic) bond motifs is 1. The molecule has 0 radical (unpaired) electrons. The number of ether oxygens (including phenoxy) is 2. The van der Waals surface area contributed by atoms with Gasteiger partial charge in [-0.1, -0.05) is 11.3 Å². The van der Waals surface area contributed by atoms with Crippen LogP contribution < -0.4 is 9.64 Å². The number of carbonyl (C=O) groups is 1. The SMILES string of the molecule is COc1ccc2nc(N(CC3CCCO3)C(=O)C3CCN(S(=O)(=O)c4ccc(F)cc4F)CC3)sc2c1. The third-order valence-electron chi connectivity index (χ3n) is 6.81. The molecule has 8 nitrogen and oxygen atoms in total. The van der Waals surface area contributed by atoms with E-state index in [1.807, 2.05) is 18.2 Å². The molecular formula is C25H27F2N3O5S2. The lowest BCUT2D eigenvalue weighted by Crippen LogP contribution is -2.46. The summed E-state index contributed by atoms with van der Waals surface area (Å²) >= 11 is 1.40. The molecule has 1 unspecified atom stereocenters. The van der Waals surface area contributed by atoms with Gasteiger partial charge in [0.2, 0.25) is 15.9 Å². The van der Waals surface area contributed by atoms with Gasteiger partial charge in [-0.05, 0) is 56.0 Å². The number of aromatic nitrogens is 1. The van der Waals surface area contributed by atoms with Crippen molar-refractivity contribution in [2.24, 2.45) is 5.92 Å². The van der Waals surface area contributed by atoms with Crippen LogP contribution >= 0.6 is 11.3 Å². The lowest BCUT2D eigenvalue weighted by Gasteiger charge is -2.33. The molecule has 2 aliphatic rings. The number of methoxy groups -OCH3 is 1. The van der Waals surface area contributed by atoms with Crippen LogP contribution in [0.4, 0.5) is 13.9 Å². The molecule has 5 rings (SSSR count). The second-order valence-corrected chi connectivity index (χ2v) is 12.1. The first kappa shape index (κ1) is 26.0. The molecule has 12 heteroatoms. The largest absolute Gasteiger partial charge is 0.497 e. The van der Waals surface area contributed by atoms with E-state index in [9.17, 15) is 22.0 Å². The predicted octanol–water partition coefficient (Wildman–Crippen LogP) is 4.20. The summed E-state index contributed by atoms with van der Waals surface area (Å²) in [4.78, 5) is 19.5. The molecule has 0 spiro atoms. The number of sulfonamides is 1. The predicted molar refractivity (Wildman–Crippen MR) is 135 cm³/mol. The molecule has 0 aliphatic carbocycles. The third kappa shape index (κ3) is 5.33. The average Bonchev–Trinajstić information content (AvgIpc) is 3.56. The van der Waals surface area contributed by atoms with Gasteiger partial charge in [-0.3, -0.25) is 9.69 Å². The van der Waals surface area contributed by atoms with Crippen LogP contribution in [-0.4, -0.2) is 63.1 Å². The molecule has 0 N–H and O–H groups in total. The van der Waals surface area contributed by atoms with Crippen LogP contribution in [0.1, 0.15) is 25.7 Å². The molecule has 2 aromatic carbocycles. The van der Waals surface area contributed by atoms with Gasteiger partial charge in [0, 0.05) is 31.7 Å². The minimum atomic E-state index is -4.15. The van der Waals surface area contributed by atoms with Crippen molar-refractivity contribution in [3.63, 3.8) is 0 Å². The Bertz CT molecular complexity index is 1400. The highest BCUT2D eigenvalue weighted by Crippen LogP contribution is 2.34. The van der Waals surface area contributed by atoms with E-state index < -0.39 is 32.5 Å². The summed E-state index contributed by atoms with van der Waals surface area (Å²) in [6.07, 6.45) is 2.25. The van der Waals surface area contributed by atoms with E-state index in [0.29, 0.717) is 30.1 Å². The Morgan fingerprint density at radius 1 is 1.19 bits per heavy atom. The van der Waals surface area contributed by atoms with Gasteiger partial charge in [-0.25, -0.2) is 22.2 Å². The monoisotopic (exact) mass is 551 g/mol. The maximum Gasteiger partial charge on any atom is 0.245 e. The van der Waals surface area contributed by atoms with Gasteiger partial charge < -0.3 is 9.47 Å². The number of rotatable bonds is 7. The number of amides is 1. The Kier molecular flexibility index (Phi) is 7.44. The molecule has 2 fully saturated rings. The quantitative estimate of drug-likeness (QED) is 0.438. The van der Waals surface area contributed by atoms with Gasteiger partial charge in [0.25, 0.3) is 0 Å². The molecule has 2 saturated heterocycles. The average molecular weight is 552 g/mol. The second-order valence-electron chi connectivity index (χ2n) is 9.17. The Morgan fingerprint density at radius 3 is 2.65 bits per heavy atom. The number of carbonyl (C=O) groups excluding carboxylic acids is 1. The van der Waals surface area contributed by atoms with Gasteiger partial charge in [-0.2, -0.15) is 4.31 Å². The van der Waals surface area contributed by atoms with E-state index in [-0.39, 0.29) is 37.9 Å². The number of anilines is 1. The van der Waals surface area contributed by atoms with Crippen LogP contribution in [-0.2, 0) is 19.6 Å². The Labute approximate surface area is 217 Å². The summed E-state index contributed by atoms with van der Waals surface area (Å²) in [7, 11) is -2.56. The third-order valence-corrected chi connectivity index (χ3v) is 9.78. The van der Waals surface area contributed by atoms with Gasteiger partial charge in [0.1, 0.15) is 22.3 Å². The number of hydrogen-bond acceptors (Lipinski definition) is 7. The molecule has 3 heterocycles. The van der Waals surface area contributed by atoms with Crippen LogP contribution in [0.15, 0.2) is 41.3 Å². The van der Waals surface area contributed by atoms with Crippen LogP contribution in [0.25, 0.3) is 10.2 Å². The maximum absolute atomic E-state index is 14.2. The van der Waals surface area contributed by atoms with E-state index in [2.05, 4.69) is 0 Å². The Hall–Kier alpha value is -2.67. The summed E-state index contributed by atoms with van der Waals surface area (Å²) < 4.78 is 66.6. The fourth-order valence-corrected chi connectivity index (χ4v) is 7.30. The van der Waals surface area contributed by atoms with Crippen molar-refractivity contribution in [1.82, 2.24) is 9.29 Å². The lowest BCUT2D eigenvalue weighted by atomic mass is 9.96. The van der Waals surface area contributed by atoms with E-state index in [1.54, 1.807) is 12.0 Å². The molecule has 1 amide bonds. The van der Waals surface area contributed by atoms with Crippen LogP contribution in [0.3, 0.4) is 0 Å². The topological polar surface area (TPSA) is 89.0 Å². The van der Waals surface area contributed by atoms with Crippen molar-refractivity contribution < 1.29 is 31.5 Å². The highest BCUT2D eigenvalue weighted by molar-refractivity contribution is 7.89. The number of halogens is 2. The lowest BCUT2D eigenvalue weighted by molar-refractivity contribution is -0.123. The number of piperidine rings is 1. The van der Waals surface area contributed by atoms with Crippen molar-refractivity contribution in [3.05, 3.63) is 48.0 Å². The molecule has 3 aromatic rings. The summed E-state index contributed by atoms with van der Waals surface area (Å²) in [5.74, 6) is -1.83. The first-order chi connectivity index (χ1) is 17.8. The molecular weight excluding hydrogens is 524 g/mol. The minimum Gasteiger partial charge on any atom is -0.497 e. The molecule has 1 atom stereocenters. The summed E-state index contributed by atoms with van der Waals surface area (Å²) in [6, 6.07) is 7.95. The zero-order valence-corrected chi connectivity index (χ0v) is 21.9. The molecule has 1 aromatic heterocycles. The van der Waals surface area contributed by atoms with E-state index >= 15 is 0 Å². The Balaban J connectivity index is 1.34.